The van der Waals surface area contributed by atoms with E-state index in [1.807, 2.05) is 68.4 Å². The molecule has 1 atom stereocenters. The van der Waals surface area contributed by atoms with Crippen molar-refractivity contribution in [1.29, 1.82) is 0 Å². The summed E-state index contributed by atoms with van der Waals surface area (Å²) in [5.41, 5.74) is 2.96. The molecule has 2 aromatic carbocycles. The summed E-state index contributed by atoms with van der Waals surface area (Å²) in [4.78, 5) is 4.49. The van der Waals surface area contributed by atoms with Crippen molar-refractivity contribution < 1.29 is 14.6 Å². The van der Waals surface area contributed by atoms with E-state index in [0.29, 0.717) is 13.2 Å². The summed E-state index contributed by atoms with van der Waals surface area (Å²) in [6.45, 7) is 5.08. The smallest absolute Gasteiger partial charge is 0.183 e. The highest BCUT2D eigenvalue weighted by atomic mass is 16.7. The van der Waals surface area contributed by atoms with E-state index in [2.05, 4.69) is 4.99 Å². The van der Waals surface area contributed by atoms with Gasteiger partial charge in [0.15, 0.2) is 6.29 Å². The van der Waals surface area contributed by atoms with Gasteiger partial charge in [-0.05, 0) is 25.0 Å². The summed E-state index contributed by atoms with van der Waals surface area (Å²) in [6.07, 6.45) is 1.45. The SMILES string of the molecule is CCOC(OCC)c1ccc(C=NC(CO)c2ccccc2)cc1. The largest absolute Gasteiger partial charge is 0.394 e. The fourth-order valence-electron chi connectivity index (χ4n) is 2.37. The number of hydrogen-bond acceptors (Lipinski definition) is 4. The fraction of sp³-hybridized carbons (Fsp3) is 0.350. The molecular weight excluding hydrogens is 302 g/mol. The van der Waals surface area contributed by atoms with Crippen LogP contribution in [-0.2, 0) is 9.47 Å². The average Bonchev–Trinajstić information content (AvgIpc) is 2.63. The van der Waals surface area contributed by atoms with Crippen molar-refractivity contribution >= 4 is 6.21 Å². The van der Waals surface area contributed by atoms with Gasteiger partial charge in [0.1, 0.15) is 0 Å². The van der Waals surface area contributed by atoms with Crippen LogP contribution in [0.25, 0.3) is 0 Å². The third-order valence-electron chi connectivity index (χ3n) is 3.61. The lowest BCUT2D eigenvalue weighted by Crippen LogP contribution is -2.08. The van der Waals surface area contributed by atoms with Crippen molar-refractivity contribution in [3.05, 3.63) is 71.3 Å². The predicted molar refractivity (Wildman–Crippen MR) is 96.3 cm³/mol. The number of benzene rings is 2. The highest BCUT2D eigenvalue weighted by Gasteiger charge is 2.11. The first-order valence-corrected chi connectivity index (χ1v) is 8.30. The Hall–Kier alpha value is -2.01. The Kier molecular flexibility index (Phi) is 7.62. The number of rotatable bonds is 9. The Labute approximate surface area is 143 Å². The van der Waals surface area contributed by atoms with Crippen molar-refractivity contribution in [2.24, 2.45) is 4.99 Å². The fourth-order valence-corrected chi connectivity index (χ4v) is 2.37. The van der Waals surface area contributed by atoms with Crippen molar-refractivity contribution in [2.45, 2.75) is 26.2 Å². The minimum atomic E-state index is -0.333. The van der Waals surface area contributed by atoms with Gasteiger partial charge in [0.2, 0.25) is 0 Å². The van der Waals surface area contributed by atoms with Gasteiger partial charge in [-0.15, -0.1) is 0 Å². The van der Waals surface area contributed by atoms with Crippen LogP contribution in [0.1, 0.15) is 42.9 Å². The molecule has 1 unspecified atom stereocenters. The lowest BCUT2D eigenvalue weighted by Gasteiger charge is -2.17. The second-order valence-corrected chi connectivity index (χ2v) is 5.30. The van der Waals surface area contributed by atoms with Crippen LogP contribution in [0.2, 0.25) is 0 Å². The maximum absolute atomic E-state index is 9.55. The molecular formula is C20H25NO3. The van der Waals surface area contributed by atoms with Gasteiger partial charge in [-0.1, -0.05) is 54.6 Å². The van der Waals surface area contributed by atoms with Crippen LogP contribution in [0.5, 0.6) is 0 Å². The molecule has 0 heterocycles. The maximum Gasteiger partial charge on any atom is 0.183 e. The van der Waals surface area contributed by atoms with Crippen molar-refractivity contribution in [3.8, 4) is 0 Å². The Morgan fingerprint density at radius 3 is 2.08 bits per heavy atom. The van der Waals surface area contributed by atoms with Crippen molar-refractivity contribution in [2.75, 3.05) is 19.8 Å². The molecule has 0 aliphatic carbocycles. The Bertz CT molecular complexity index is 605. The summed E-state index contributed by atoms with van der Waals surface area (Å²) >= 11 is 0. The minimum absolute atomic E-state index is 0.0185. The lowest BCUT2D eigenvalue weighted by atomic mass is 10.1. The van der Waals surface area contributed by atoms with Gasteiger partial charge in [0, 0.05) is 25.0 Å². The quantitative estimate of drug-likeness (QED) is 0.561. The monoisotopic (exact) mass is 327 g/mol. The number of ether oxygens (including phenoxy) is 2. The summed E-state index contributed by atoms with van der Waals surface area (Å²) in [6, 6.07) is 17.5. The Morgan fingerprint density at radius 2 is 1.54 bits per heavy atom. The van der Waals surface area contributed by atoms with E-state index < -0.39 is 0 Å². The molecule has 1 N–H and O–H groups in total. The molecule has 0 saturated heterocycles. The van der Waals surface area contributed by atoms with Gasteiger partial charge < -0.3 is 14.6 Å². The number of aliphatic hydroxyl groups excluding tert-OH is 1. The molecule has 24 heavy (non-hydrogen) atoms. The first-order valence-electron chi connectivity index (χ1n) is 8.30. The summed E-state index contributed by atoms with van der Waals surface area (Å²) < 4.78 is 11.2. The minimum Gasteiger partial charge on any atom is -0.394 e. The van der Waals surface area contributed by atoms with Gasteiger partial charge in [0.25, 0.3) is 0 Å². The third kappa shape index (κ3) is 5.27. The normalized spacial score (nSPS) is 12.8. The van der Waals surface area contributed by atoms with Crippen molar-refractivity contribution in [3.63, 3.8) is 0 Å². The number of aliphatic hydroxyl groups is 1. The average molecular weight is 327 g/mol. The van der Waals surface area contributed by atoms with E-state index in [1.165, 1.54) is 0 Å². The van der Waals surface area contributed by atoms with Gasteiger partial charge in [-0.2, -0.15) is 0 Å². The summed E-state index contributed by atoms with van der Waals surface area (Å²) in [7, 11) is 0. The van der Waals surface area contributed by atoms with E-state index in [-0.39, 0.29) is 18.9 Å². The molecule has 2 aromatic rings. The van der Waals surface area contributed by atoms with E-state index in [9.17, 15) is 5.11 Å². The first-order chi connectivity index (χ1) is 11.8. The van der Waals surface area contributed by atoms with Crippen LogP contribution in [0.4, 0.5) is 0 Å². The molecule has 4 nitrogen and oxygen atoms in total. The third-order valence-corrected chi connectivity index (χ3v) is 3.61. The summed E-state index contributed by atoms with van der Waals surface area (Å²) in [5, 5.41) is 9.55. The number of aliphatic imine (C=N–C) groups is 1. The van der Waals surface area contributed by atoms with Crippen LogP contribution in [0.15, 0.2) is 59.6 Å². The molecule has 0 aliphatic rings. The first kappa shape index (κ1) is 18.3. The van der Waals surface area contributed by atoms with Crippen LogP contribution in [0.3, 0.4) is 0 Å². The van der Waals surface area contributed by atoms with E-state index in [4.69, 9.17) is 9.47 Å². The summed E-state index contributed by atoms with van der Waals surface area (Å²) in [5.74, 6) is 0. The molecule has 2 rings (SSSR count). The molecule has 0 spiro atoms. The van der Waals surface area contributed by atoms with Gasteiger partial charge >= 0.3 is 0 Å². The lowest BCUT2D eigenvalue weighted by molar-refractivity contribution is -0.140. The van der Waals surface area contributed by atoms with Gasteiger partial charge in [0.05, 0.1) is 12.6 Å². The topological polar surface area (TPSA) is 51.0 Å². The highest BCUT2D eigenvalue weighted by molar-refractivity contribution is 5.79. The second-order valence-electron chi connectivity index (χ2n) is 5.30. The molecule has 0 saturated carbocycles. The standard InChI is InChI=1S/C20H25NO3/c1-3-23-20(24-4-2)18-12-10-16(11-13-18)14-21-19(15-22)17-8-6-5-7-9-17/h5-14,19-20,22H,3-4,15H2,1-2H3. The van der Waals surface area contributed by atoms with Crippen LogP contribution >= 0.6 is 0 Å². The number of nitrogens with zero attached hydrogens (tertiary/aromatic N) is 1. The van der Waals surface area contributed by atoms with Crippen molar-refractivity contribution in [1.82, 2.24) is 0 Å². The van der Waals surface area contributed by atoms with E-state index in [0.717, 1.165) is 16.7 Å². The molecule has 0 aliphatic heterocycles. The molecule has 0 fully saturated rings. The van der Waals surface area contributed by atoms with Crippen LogP contribution in [0, 0.1) is 0 Å². The highest BCUT2D eigenvalue weighted by Crippen LogP contribution is 2.20. The zero-order valence-electron chi connectivity index (χ0n) is 14.3. The number of hydrogen-bond donors (Lipinski definition) is 1. The molecule has 0 amide bonds. The zero-order valence-corrected chi connectivity index (χ0v) is 14.3. The predicted octanol–water partition coefficient (Wildman–Crippen LogP) is 3.91. The Balaban J connectivity index is 2.07. The maximum atomic E-state index is 9.55. The van der Waals surface area contributed by atoms with E-state index >= 15 is 0 Å². The van der Waals surface area contributed by atoms with E-state index in [1.54, 1.807) is 6.21 Å². The molecule has 0 bridgehead atoms. The molecule has 4 heteroatoms. The molecule has 0 aromatic heterocycles. The molecule has 128 valence electrons. The zero-order chi connectivity index (χ0) is 17.2. The Morgan fingerprint density at radius 1 is 0.917 bits per heavy atom. The molecule has 0 radical (unpaired) electrons. The van der Waals surface area contributed by atoms with Gasteiger partial charge in [-0.25, -0.2) is 0 Å². The van der Waals surface area contributed by atoms with Crippen LogP contribution < -0.4 is 0 Å². The van der Waals surface area contributed by atoms with Crippen LogP contribution in [-0.4, -0.2) is 31.1 Å². The van der Waals surface area contributed by atoms with Gasteiger partial charge in [-0.3, -0.25) is 4.99 Å². The second kappa shape index (κ2) is 9.98.